The summed E-state index contributed by atoms with van der Waals surface area (Å²) < 4.78 is 4.80. The van der Waals surface area contributed by atoms with Crippen molar-refractivity contribution in [3.05, 3.63) is 60.5 Å². The van der Waals surface area contributed by atoms with Crippen LogP contribution in [0.15, 0.2) is 55.5 Å². The van der Waals surface area contributed by atoms with Gasteiger partial charge in [-0.3, -0.25) is 4.40 Å². The molecule has 0 amide bonds. The molecular weight excluding hydrogens is 635 g/mol. The zero-order valence-electron chi connectivity index (χ0n) is 12.7. The predicted octanol–water partition coefficient (Wildman–Crippen LogP) is 7.72. The van der Waals surface area contributed by atoms with Crippen LogP contribution in [-0.4, -0.2) is 14.4 Å². The van der Waals surface area contributed by atoms with Crippen LogP contribution in [0.1, 0.15) is 0 Å². The first-order chi connectivity index (χ1) is 12.0. The summed E-state index contributed by atoms with van der Waals surface area (Å²) in [6.45, 7) is 0. The van der Waals surface area contributed by atoms with Gasteiger partial charge < -0.3 is 5.32 Å². The van der Waals surface area contributed by atoms with Gasteiger partial charge in [-0.1, -0.05) is 27.5 Å². The summed E-state index contributed by atoms with van der Waals surface area (Å²) >= 11 is 18.2. The molecule has 3 heterocycles. The number of thiazole rings is 1. The Morgan fingerprint density at radius 2 is 1.85 bits per heavy atom. The number of hydrogen-bond acceptors (Lipinski definition) is 4. The average molecular weight is 644 g/mol. The van der Waals surface area contributed by atoms with Crippen molar-refractivity contribution < 1.29 is 0 Å². The van der Waals surface area contributed by atoms with Crippen molar-refractivity contribution in [2.45, 2.75) is 0 Å². The molecule has 0 spiro atoms. The standard InChI is InChI=1S/C16H8Br3ClN4S.BrH/c17-8-3-10(18)15(11(19)4-8)23-16-22-12(7-25-16)13-5-21-14-2-1-9(20)6-24(13)14;/h1-7H,(H,22,23);1H. The van der Waals surface area contributed by atoms with E-state index in [0.717, 1.165) is 41.3 Å². The lowest BCUT2D eigenvalue weighted by Crippen LogP contribution is -1.93. The van der Waals surface area contributed by atoms with Crippen molar-refractivity contribution in [2.24, 2.45) is 0 Å². The number of imidazole rings is 1. The fourth-order valence-electron chi connectivity index (χ4n) is 2.36. The molecule has 10 heteroatoms. The van der Waals surface area contributed by atoms with E-state index in [9.17, 15) is 0 Å². The van der Waals surface area contributed by atoms with Gasteiger partial charge >= 0.3 is 0 Å². The second-order valence-corrected chi connectivity index (χ2v) is 9.05. The van der Waals surface area contributed by atoms with E-state index >= 15 is 0 Å². The van der Waals surface area contributed by atoms with Crippen LogP contribution < -0.4 is 5.32 Å². The summed E-state index contributed by atoms with van der Waals surface area (Å²) in [4.78, 5) is 9.08. The minimum Gasteiger partial charge on any atom is -0.330 e. The van der Waals surface area contributed by atoms with Crippen LogP contribution in [0.3, 0.4) is 0 Å². The number of nitrogens with one attached hydrogen (secondary N) is 1. The Hall–Kier alpha value is -0.450. The van der Waals surface area contributed by atoms with E-state index in [-0.39, 0.29) is 17.0 Å². The third-order valence-corrected chi connectivity index (χ3v) is 6.16. The van der Waals surface area contributed by atoms with Gasteiger partial charge in [-0.15, -0.1) is 28.3 Å². The SMILES string of the molecule is Br.Clc1ccc2ncc(-c3csc(Nc4c(Br)cc(Br)cc4Br)n3)n2c1. The van der Waals surface area contributed by atoms with Crippen LogP contribution in [0, 0.1) is 0 Å². The number of rotatable bonds is 3. The molecule has 0 aliphatic carbocycles. The van der Waals surface area contributed by atoms with E-state index in [1.165, 1.54) is 11.3 Å². The summed E-state index contributed by atoms with van der Waals surface area (Å²) in [6.07, 6.45) is 3.64. The first-order valence-electron chi connectivity index (χ1n) is 7.01. The number of benzene rings is 1. The summed E-state index contributed by atoms with van der Waals surface area (Å²) in [7, 11) is 0. The maximum atomic E-state index is 6.10. The molecule has 4 aromatic rings. The molecule has 0 aliphatic rings. The van der Waals surface area contributed by atoms with Crippen molar-refractivity contribution in [3.63, 3.8) is 0 Å². The fourth-order valence-corrected chi connectivity index (χ4v) is 5.69. The van der Waals surface area contributed by atoms with E-state index in [2.05, 4.69) is 63.1 Å². The first-order valence-corrected chi connectivity index (χ1v) is 10.6. The molecule has 0 saturated carbocycles. The lowest BCUT2D eigenvalue weighted by molar-refractivity contribution is 1.18. The molecule has 1 aromatic carbocycles. The highest BCUT2D eigenvalue weighted by atomic mass is 79.9. The number of aromatic nitrogens is 3. The zero-order valence-corrected chi connectivity index (χ0v) is 20.8. The van der Waals surface area contributed by atoms with Gasteiger partial charge in [0.05, 0.1) is 22.6 Å². The van der Waals surface area contributed by atoms with Crippen molar-refractivity contribution >= 4 is 104 Å². The Balaban J connectivity index is 0.00000196. The monoisotopic (exact) mass is 640 g/mol. The molecule has 4 rings (SSSR count). The lowest BCUT2D eigenvalue weighted by atomic mass is 10.3. The van der Waals surface area contributed by atoms with Crippen LogP contribution in [0.2, 0.25) is 5.02 Å². The summed E-state index contributed by atoms with van der Waals surface area (Å²) in [5, 5.41) is 6.78. The van der Waals surface area contributed by atoms with E-state index in [4.69, 9.17) is 11.6 Å². The minimum absolute atomic E-state index is 0. The van der Waals surface area contributed by atoms with Gasteiger partial charge in [0.25, 0.3) is 0 Å². The normalized spacial score (nSPS) is 10.8. The summed E-state index contributed by atoms with van der Waals surface area (Å²) in [5.74, 6) is 0. The quantitative estimate of drug-likeness (QED) is 0.249. The maximum absolute atomic E-state index is 6.10. The Morgan fingerprint density at radius 3 is 2.58 bits per heavy atom. The fraction of sp³-hybridized carbons (Fsp3) is 0. The molecule has 0 aliphatic heterocycles. The predicted molar refractivity (Wildman–Crippen MR) is 124 cm³/mol. The Bertz CT molecular complexity index is 1070. The molecule has 0 radical (unpaired) electrons. The number of nitrogens with zero attached hydrogens (tertiary/aromatic N) is 3. The first kappa shape index (κ1) is 20.3. The molecule has 26 heavy (non-hydrogen) atoms. The van der Waals surface area contributed by atoms with Crippen molar-refractivity contribution in [3.8, 4) is 11.4 Å². The molecular formula is C16H9Br4ClN4S. The summed E-state index contributed by atoms with van der Waals surface area (Å²) in [6, 6.07) is 7.67. The summed E-state index contributed by atoms with van der Waals surface area (Å²) in [5.41, 5.74) is 3.49. The van der Waals surface area contributed by atoms with Gasteiger partial charge in [-0.25, -0.2) is 9.97 Å². The van der Waals surface area contributed by atoms with E-state index < -0.39 is 0 Å². The van der Waals surface area contributed by atoms with Crippen molar-refractivity contribution in [2.75, 3.05) is 5.32 Å². The highest BCUT2D eigenvalue weighted by Gasteiger charge is 2.13. The largest absolute Gasteiger partial charge is 0.330 e. The topological polar surface area (TPSA) is 42.2 Å². The third-order valence-electron chi connectivity index (χ3n) is 3.47. The lowest BCUT2D eigenvalue weighted by Gasteiger charge is -2.08. The minimum atomic E-state index is 0. The maximum Gasteiger partial charge on any atom is 0.187 e. The van der Waals surface area contributed by atoms with Gasteiger partial charge in [0.2, 0.25) is 0 Å². The number of anilines is 2. The third kappa shape index (κ3) is 4.02. The van der Waals surface area contributed by atoms with Crippen LogP contribution in [0.4, 0.5) is 10.8 Å². The van der Waals surface area contributed by atoms with Crippen molar-refractivity contribution in [1.29, 1.82) is 0 Å². The second kappa shape index (κ2) is 8.28. The molecule has 0 fully saturated rings. The van der Waals surface area contributed by atoms with E-state index in [1.54, 1.807) is 6.20 Å². The molecule has 0 saturated heterocycles. The molecule has 0 bridgehead atoms. The molecule has 134 valence electrons. The highest BCUT2D eigenvalue weighted by molar-refractivity contribution is 9.11. The van der Waals surface area contributed by atoms with Gasteiger partial charge in [0.15, 0.2) is 5.13 Å². The van der Waals surface area contributed by atoms with Crippen LogP contribution in [0.5, 0.6) is 0 Å². The van der Waals surface area contributed by atoms with E-state index in [1.807, 2.05) is 40.2 Å². The Labute approximate surface area is 194 Å². The molecule has 4 nitrogen and oxygen atoms in total. The number of halogens is 5. The number of pyridine rings is 1. The molecule has 3 aromatic heterocycles. The van der Waals surface area contributed by atoms with Gasteiger partial charge in [-0.05, 0) is 56.1 Å². The average Bonchev–Trinajstić information content (AvgIpc) is 3.16. The smallest absolute Gasteiger partial charge is 0.187 e. The zero-order chi connectivity index (χ0) is 17.6. The van der Waals surface area contributed by atoms with Crippen LogP contribution >= 0.6 is 87.7 Å². The Morgan fingerprint density at radius 1 is 1.12 bits per heavy atom. The Kier molecular flexibility index (Phi) is 6.46. The number of fused-ring (bicyclic) bond motifs is 1. The second-order valence-electron chi connectivity index (χ2n) is 5.13. The van der Waals surface area contributed by atoms with Crippen molar-refractivity contribution in [1.82, 2.24) is 14.4 Å². The highest BCUT2D eigenvalue weighted by Crippen LogP contribution is 2.37. The molecule has 0 unspecified atom stereocenters. The number of hydrogen-bond donors (Lipinski definition) is 1. The van der Waals surface area contributed by atoms with Gasteiger partial charge in [0.1, 0.15) is 11.3 Å². The molecule has 0 atom stereocenters. The van der Waals surface area contributed by atoms with Gasteiger partial charge in [0, 0.05) is 25.0 Å². The molecule has 1 N–H and O–H groups in total. The van der Waals surface area contributed by atoms with Crippen LogP contribution in [-0.2, 0) is 0 Å². The van der Waals surface area contributed by atoms with E-state index in [0.29, 0.717) is 5.02 Å². The van der Waals surface area contributed by atoms with Crippen LogP contribution in [0.25, 0.3) is 17.0 Å². The van der Waals surface area contributed by atoms with Gasteiger partial charge in [-0.2, -0.15) is 0 Å².